The van der Waals surface area contributed by atoms with Crippen molar-refractivity contribution >= 4 is 10.9 Å². The standard InChI is InChI=1S/C16H18N4O/c1-2-9-20-15(18-11-19-20)10-14(21)13-7-3-5-12-6-4-8-17-16(12)13/h3-8,11,14,21H,2,9-10H2,1H3. The second-order valence-corrected chi connectivity index (χ2v) is 5.04. The first-order valence-corrected chi connectivity index (χ1v) is 7.18. The van der Waals surface area contributed by atoms with Crippen LogP contribution in [0.1, 0.15) is 30.8 Å². The molecule has 0 saturated heterocycles. The molecule has 0 radical (unpaired) electrons. The number of aliphatic hydroxyl groups excluding tert-OH is 1. The number of hydrogen-bond donors (Lipinski definition) is 1. The summed E-state index contributed by atoms with van der Waals surface area (Å²) in [7, 11) is 0. The van der Waals surface area contributed by atoms with Crippen molar-refractivity contribution in [3.8, 4) is 0 Å². The zero-order valence-electron chi connectivity index (χ0n) is 12.0. The first-order valence-electron chi connectivity index (χ1n) is 7.18. The molecule has 1 atom stereocenters. The quantitative estimate of drug-likeness (QED) is 0.781. The zero-order chi connectivity index (χ0) is 14.7. The highest BCUT2D eigenvalue weighted by atomic mass is 16.3. The third kappa shape index (κ3) is 2.78. The second kappa shape index (κ2) is 6.01. The molecule has 1 N–H and O–H groups in total. The van der Waals surface area contributed by atoms with Crippen molar-refractivity contribution in [3.63, 3.8) is 0 Å². The normalized spacial score (nSPS) is 12.7. The number of aromatic nitrogens is 4. The van der Waals surface area contributed by atoms with Gasteiger partial charge in [0, 0.05) is 30.1 Å². The molecule has 2 aromatic heterocycles. The van der Waals surface area contributed by atoms with Crippen LogP contribution in [0.3, 0.4) is 0 Å². The van der Waals surface area contributed by atoms with Gasteiger partial charge < -0.3 is 5.11 Å². The molecule has 0 amide bonds. The lowest BCUT2D eigenvalue weighted by molar-refractivity contribution is 0.175. The highest BCUT2D eigenvalue weighted by Gasteiger charge is 2.16. The molecule has 0 fully saturated rings. The Balaban J connectivity index is 1.90. The van der Waals surface area contributed by atoms with Crippen LogP contribution in [0.25, 0.3) is 10.9 Å². The lowest BCUT2D eigenvalue weighted by Gasteiger charge is -2.13. The summed E-state index contributed by atoms with van der Waals surface area (Å²) in [4.78, 5) is 8.64. The Kier molecular flexibility index (Phi) is 3.92. The maximum absolute atomic E-state index is 10.6. The number of para-hydroxylation sites is 1. The third-order valence-corrected chi connectivity index (χ3v) is 3.53. The zero-order valence-corrected chi connectivity index (χ0v) is 12.0. The van der Waals surface area contributed by atoms with E-state index >= 15 is 0 Å². The number of nitrogens with zero attached hydrogens (tertiary/aromatic N) is 4. The van der Waals surface area contributed by atoms with E-state index in [1.54, 1.807) is 12.5 Å². The number of rotatable bonds is 5. The van der Waals surface area contributed by atoms with E-state index in [0.717, 1.165) is 35.3 Å². The third-order valence-electron chi connectivity index (χ3n) is 3.53. The minimum absolute atomic E-state index is 0.440. The molecule has 1 aromatic carbocycles. The number of benzene rings is 1. The number of aryl methyl sites for hydroxylation is 1. The molecule has 1 unspecified atom stereocenters. The topological polar surface area (TPSA) is 63.8 Å². The summed E-state index contributed by atoms with van der Waals surface area (Å²) < 4.78 is 1.85. The van der Waals surface area contributed by atoms with Crippen LogP contribution in [0.2, 0.25) is 0 Å². The van der Waals surface area contributed by atoms with Gasteiger partial charge in [0.1, 0.15) is 12.2 Å². The molecular formula is C16H18N4O. The smallest absolute Gasteiger partial charge is 0.138 e. The molecule has 3 rings (SSSR count). The van der Waals surface area contributed by atoms with Gasteiger partial charge in [-0.3, -0.25) is 9.67 Å². The Labute approximate surface area is 123 Å². The molecule has 3 aromatic rings. The number of pyridine rings is 1. The largest absolute Gasteiger partial charge is 0.388 e. The summed E-state index contributed by atoms with van der Waals surface area (Å²) >= 11 is 0. The molecule has 0 aliphatic carbocycles. The second-order valence-electron chi connectivity index (χ2n) is 5.04. The average Bonchev–Trinajstić information content (AvgIpc) is 2.94. The molecule has 108 valence electrons. The van der Waals surface area contributed by atoms with Crippen molar-refractivity contribution in [2.24, 2.45) is 0 Å². The van der Waals surface area contributed by atoms with E-state index in [1.165, 1.54) is 0 Å². The average molecular weight is 282 g/mol. The van der Waals surface area contributed by atoms with Crippen molar-refractivity contribution in [2.45, 2.75) is 32.4 Å². The maximum Gasteiger partial charge on any atom is 0.138 e. The van der Waals surface area contributed by atoms with Gasteiger partial charge in [0.2, 0.25) is 0 Å². The van der Waals surface area contributed by atoms with Crippen molar-refractivity contribution in [2.75, 3.05) is 0 Å². The summed E-state index contributed by atoms with van der Waals surface area (Å²) in [6.45, 7) is 2.91. The monoisotopic (exact) mass is 282 g/mol. The first-order chi connectivity index (χ1) is 10.3. The molecular weight excluding hydrogens is 264 g/mol. The lowest BCUT2D eigenvalue weighted by Crippen LogP contribution is -2.11. The summed E-state index contributed by atoms with van der Waals surface area (Å²) in [5.41, 5.74) is 1.67. The molecule has 0 bridgehead atoms. The highest BCUT2D eigenvalue weighted by molar-refractivity contribution is 5.81. The Morgan fingerprint density at radius 2 is 2.05 bits per heavy atom. The summed E-state index contributed by atoms with van der Waals surface area (Å²) in [5, 5.41) is 15.8. The molecule has 5 nitrogen and oxygen atoms in total. The van der Waals surface area contributed by atoms with E-state index in [2.05, 4.69) is 22.0 Å². The van der Waals surface area contributed by atoms with Crippen molar-refractivity contribution in [1.82, 2.24) is 19.7 Å². The van der Waals surface area contributed by atoms with Crippen LogP contribution in [0.15, 0.2) is 42.9 Å². The Morgan fingerprint density at radius 3 is 2.90 bits per heavy atom. The summed E-state index contributed by atoms with van der Waals surface area (Å²) in [6.07, 6.45) is 4.08. The number of aliphatic hydroxyl groups is 1. The molecule has 0 spiro atoms. The SMILES string of the molecule is CCCn1ncnc1CC(O)c1cccc2cccnc12. The Bertz CT molecular complexity index is 732. The van der Waals surface area contributed by atoms with Gasteiger partial charge in [0.05, 0.1) is 11.6 Å². The van der Waals surface area contributed by atoms with E-state index in [1.807, 2.05) is 35.0 Å². The van der Waals surface area contributed by atoms with Crippen molar-refractivity contribution < 1.29 is 5.11 Å². The van der Waals surface area contributed by atoms with Gasteiger partial charge in [-0.25, -0.2) is 4.98 Å². The van der Waals surface area contributed by atoms with Gasteiger partial charge in [-0.15, -0.1) is 0 Å². The van der Waals surface area contributed by atoms with Gasteiger partial charge in [-0.2, -0.15) is 5.10 Å². The summed E-state index contributed by atoms with van der Waals surface area (Å²) in [6, 6.07) is 9.76. The predicted molar refractivity (Wildman–Crippen MR) is 80.7 cm³/mol. The van der Waals surface area contributed by atoms with Crippen LogP contribution < -0.4 is 0 Å². The van der Waals surface area contributed by atoms with E-state index < -0.39 is 6.10 Å². The molecule has 0 saturated carbocycles. The van der Waals surface area contributed by atoms with Crippen LogP contribution in [-0.4, -0.2) is 24.9 Å². The molecule has 2 heterocycles. The van der Waals surface area contributed by atoms with E-state index in [0.29, 0.717) is 6.42 Å². The highest BCUT2D eigenvalue weighted by Crippen LogP contribution is 2.24. The van der Waals surface area contributed by atoms with Crippen LogP contribution >= 0.6 is 0 Å². The fourth-order valence-corrected chi connectivity index (χ4v) is 2.52. The maximum atomic E-state index is 10.6. The van der Waals surface area contributed by atoms with E-state index in [4.69, 9.17) is 0 Å². The van der Waals surface area contributed by atoms with Crippen LogP contribution in [0.4, 0.5) is 0 Å². The molecule has 5 heteroatoms. The van der Waals surface area contributed by atoms with E-state index in [-0.39, 0.29) is 0 Å². The Hall–Kier alpha value is -2.27. The lowest BCUT2D eigenvalue weighted by atomic mass is 10.0. The minimum atomic E-state index is -0.636. The van der Waals surface area contributed by atoms with Gasteiger partial charge in [0.15, 0.2) is 0 Å². The minimum Gasteiger partial charge on any atom is -0.388 e. The van der Waals surface area contributed by atoms with E-state index in [9.17, 15) is 5.11 Å². The summed E-state index contributed by atoms with van der Waals surface area (Å²) in [5.74, 6) is 0.803. The van der Waals surface area contributed by atoms with Gasteiger partial charge in [-0.05, 0) is 12.5 Å². The Morgan fingerprint density at radius 1 is 1.19 bits per heavy atom. The van der Waals surface area contributed by atoms with Gasteiger partial charge in [-0.1, -0.05) is 31.2 Å². The number of fused-ring (bicyclic) bond motifs is 1. The van der Waals surface area contributed by atoms with Crippen LogP contribution in [0, 0.1) is 0 Å². The van der Waals surface area contributed by atoms with Crippen molar-refractivity contribution in [1.29, 1.82) is 0 Å². The van der Waals surface area contributed by atoms with Crippen LogP contribution in [0.5, 0.6) is 0 Å². The predicted octanol–water partition coefficient (Wildman–Crippen LogP) is 2.51. The van der Waals surface area contributed by atoms with Crippen LogP contribution in [-0.2, 0) is 13.0 Å². The first kappa shape index (κ1) is 13.7. The molecule has 21 heavy (non-hydrogen) atoms. The van der Waals surface area contributed by atoms with Crippen molar-refractivity contribution in [3.05, 3.63) is 54.2 Å². The fraction of sp³-hybridized carbons (Fsp3) is 0.312. The number of hydrogen-bond acceptors (Lipinski definition) is 4. The molecule has 0 aliphatic rings. The molecule has 0 aliphatic heterocycles. The van der Waals surface area contributed by atoms with Gasteiger partial charge in [0.25, 0.3) is 0 Å². The fourth-order valence-electron chi connectivity index (χ4n) is 2.52. The van der Waals surface area contributed by atoms with Gasteiger partial charge >= 0.3 is 0 Å².